The van der Waals surface area contributed by atoms with E-state index in [1.807, 2.05) is 25.6 Å². The summed E-state index contributed by atoms with van der Waals surface area (Å²) in [6.07, 6.45) is 1.16. The van der Waals surface area contributed by atoms with Crippen molar-refractivity contribution in [2.24, 2.45) is 7.05 Å². The lowest BCUT2D eigenvalue weighted by Gasteiger charge is -2.07. The van der Waals surface area contributed by atoms with Crippen LogP contribution in [0.25, 0.3) is 0 Å². The van der Waals surface area contributed by atoms with Gasteiger partial charge >= 0.3 is 0 Å². The SMILES string of the molecule is CCC(O)Cc1c(Br)c(C)nn1C. The number of aliphatic hydroxyl groups is 1. The number of aromatic nitrogens is 2. The molecule has 0 spiro atoms. The van der Waals surface area contributed by atoms with Crippen LogP contribution in [0, 0.1) is 6.92 Å². The Morgan fingerprint density at radius 1 is 1.62 bits per heavy atom. The summed E-state index contributed by atoms with van der Waals surface area (Å²) in [4.78, 5) is 0. The van der Waals surface area contributed by atoms with Gasteiger partial charge in [0.2, 0.25) is 0 Å². The van der Waals surface area contributed by atoms with Gasteiger partial charge in [-0.25, -0.2) is 0 Å². The molecule has 0 aromatic carbocycles. The van der Waals surface area contributed by atoms with E-state index in [9.17, 15) is 5.11 Å². The van der Waals surface area contributed by atoms with Crippen molar-refractivity contribution in [2.75, 3.05) is 0 Å². The zero-order chi connectivity index (χ0) is 10.0. The minimum Gasteiger partial charge on any atom is -0.393 e. The molecule has 1 aromatic heterocycles. The van der Waals surface area contributed by atoms with Gasteiger partial charge in [-0.05, 0) is 29.3 Å². The number of aryl methyl sites for hydroxylation is 2. The van der Waals surface area contributed by atoms with E-state index in [-0.39, 0.29) is 6.10 Å². The second-order valence-electron chi connectivity index (χ2n) is 3.24. The maximum atomic E-state index is 9.51. The average Bonchev–Trinajstić information content (AvgIpc) is 2.32. The highest BCUT2D eigenvalue weighted by molar-refractivity contribution is 9.10. The van der Waals surface area contributed by atoms with Crippen molar-refractivity contribution < 1.29 is 5.11 Å². The topological polar surface area (TPSA) is 38.1 Å². The summed E-state index contributed by atoms with van der Waals surface area (Å²) >= 11 is 3.46. The van der Waals surface area contributed by atoms with Crippen molar-refractivity contribution in [3.63, 3.8) is 0 Å². The molecule has 1 unspecified atom stereocenters. The molecular weight excluding hydrogens is 232 g/mol. The third kappa shape index (κ3) is 2.31. The molecule has 0 radical (unpaired) electrons. The molecule has 0 bridgehead atoms. The summed E-state index contributed by atoms with van der Waals surface area (Å²) in [5, 5.41) is 13.8. The van der Waals surface area contributed by atoms with Crippen LogP contribution in [0.2, 0.25) is 0 Å². The molecule has 13 heavy (non-hydrogen) atoms. The summed E-state index contributed by atoms with van der Waals surface area (Å²) in [6, 6.07) is 0. The summed E-state index contributed by atoms with van der Waals surface area (Å²) in [6.45, 7) is 3.92. The van der Waals surface area contributed by atoms with Crippen LogP contribution < -0.4 is 0 Å². The number of hydrogen-bond donors (Lipinski definition) is 1. The Bertz CT molecular complexity index is 296. The molecule has 0 fully saturated rings. The normalized spacial score (nSPS) is 13.3. The Hall–Kier alpha value is -0.350. The van der Waals surface area contributed by atoms with Gasteiger partial charge in [0.1, 0.15) is 0 Å². The minimum absolute atomic E-state index is 0.272. The second kappa shape index (κ2) is 4.24. The fourth-order valence-electron chi connectivity index (χ4n) is 1.27. The molecule has 3 nitrogen and oxygen atoms in total. The van der Waals surface area contributed by atoms with E-state index in [4.69, 9.17) is 0 Å². The maximum absolute atomic E-state index is 9.51. The second-order valence-corrected chi connectivity index (χ2v) is 4.03. The number of rotatable bonds is 3. The molecule has 1 heterocycles. The predicted molar refractivity (Wildman–Crippen MR) is 55.6 cm³/mol. The third-order valence-electron chi connectivity index (χ3n) is 2.16. The van der Waals surface area contributed by atoms with E-state index < -0.39 is 0 Å². The highest BCUT2D eigenvalue weighted by atomic mass is 79.9. The standard InChI is InChI=1S/C9H15BrN2O/c1-4-7(13)5-8-9(10)6(2)11-12(8)3/h7,13H,4-5H2,1-3H3. The number of halogens is 1. The monoisotopic (exact) mass is 246 g/mol. The molecule has 1 aromatic rings. The number of aliphatic hydroxyl groups excluding tert-OH is 1. The summed E-state index contributed by atoms with van der Waals surface area (Å²) in [5.74, 6) is 0. The smallest absolute Gasteiger partial charge is 0.0738 e. The first-order valence-electron chi connectivity index (χ1n) is 4.42. The van der Waals surface area contributed by atoms with Crippen LogP contribution in [-0.4, -0.2) is 21.0 Å². The van der Waals surface area contributed by atoms with Gasteiger partial charge in [-0.2, -0.15) is 5.10 Å². The van der Waals surface area contributed by atoms with Crippen LogP contribution in [0.3, 0.4) is 0 Å². The Labute approximate surface area is 86.9 Å². The fraction of sp³-hybridized carbons (Fsp3) is 0.667. The van der Waals surface area contributed by atoms with Crippen molar-refractivity contribution in [3.8, 4) is 0 Å². The van der Waals surface area contributed by atoms with Crippen LogP contribution in [0.5, 0.6) is 0 Å². The first-order valence-corrected chi connectivity index (χ1v) is 5.21. The molecule has 0 aliphatic rings. The summed E-state index contributed by atoms with van der Waals surface area (Å²) in [7, 11) is 1.90. The van der Waals surface area contributed by atoms with Crippen LogP contribution in [0.4, 0.5) is 0 Å². The van der Waals surface area contributed by atoms with Crippen molar-refractivity contribution >= 4 is 15.9 Å². The number of hydrogen-bond acceptors (Lipinski definition) is 2. The van der Waals surface area contributed by atoms with Gasteiger partial charge in [0.25, 0.3) is 0 Å². The molecular formula is C9H15BrN2O. The van der Waals surface area contributed by atoms with E-state index >= 15 is 0 Å². The molecule has 0 aliphatic carbocycles. The van der Waals surface area contributed by atoms with Crippen LogP contribution in [0.1, 0.15) is 24.7 Å². The third-order valence-corrected chi connectivity index (χ3v) is 3.19. The van der Waals surface area contributed by atoms with Crippen molar-refractivity contribution in [3.05, 3.63) is 15.9 Å². The van der Waals surface area contributed by atoms with Gasteiger partial charge < -0.3 is 5.11 Å². The Morgan fingerprint density at radius 2 is 2.23 bits per heavy atom. The Kier molecular flexibility index (Phi) is 3.50. The molecule has 0 saturated heterocycles. The predicted octanol–water partition coefficient (Wildman–Crippen LogP) is 1.80. The number of nitrogens with zero attached hydrogens (tertiary/aromatic N) is 2. The Balaban J connectivity index is 2.87. The molecule has 0 amide bonds. The lowest BCUT2D eigenvalue weighted by atomic mass is 10.1. The average molecular weight is 247 g/mol. The van der Waals surface area contributed by atoms with Crippen molar-refractivity contribution in [1.82, 2.24) is 9.78 Å². The minimum atomic E-state index is -0.272. The van der Waals surface area contributed by atoms with Gasteiger partial charge in [-0.15, -0.1) is 0 Å². The van der Waals surface area contributed by atoms with Crippen LogP contribution >= 0.6 is 15.9 Å². The van der Waals surface area contributed by atoms with Gasteiger partial charge in [0.15, 0.2) is 0 Å². The first kappa shape index (κ1) is 10.7. The van der Waals surface area contributed by atoms with Gasteiger partial charge in [0, 0.05) is 13.5 Å². The van der Waals surface area contributed by atoms with E-state index in [1.54, 1.807) is 0 Å². The van der Waals surface area contributed by atoms with E-state index in [1.165, 1.54) is 0 Å². The largest absolute Gasteiger partial charge is 0.393 e. The highest BCUT2D eigenvalue weighted by Crippen LogP contribution is 2.21. The Morgan fingerprint density at radius 3 is 2.62 bits per heavy atom. The lowest BCUT2D eigenvalue weighted by Crippen LogP contribution is -2.12. The van der Waals surface area contributed by atoms with E-state index in [0.29, 0.717) is 6.42 Å². The fourth-order valence-corrected chi connectivity index (χ4v) is 1.77. The quantitative estimate of drug-likeness (QED) is 0.884. The van der Waals surface area contributed by atoms with Gasteiger partial charge in [-0.1, -0.05) is 6.92 Å². The highest BCUT2D eigenvalue weighted by Gasteiger charge is 2.13. The van der Waals surface area contributed by atoms with Crippen molar-refractivity contribution in [2.45, 2.75) is 32.8 Å². The molecule has 0 saturated carbocycles. The lowest BCUT2D eigenvalue weighted by molar-refractivity contribution is 0.168. The summed E-state index contributed by atoms with van der Waals surface area (Å²) in [5.41, 5.74) is 2.03. The van der Waals surface area contributed by atoms with E-state index in [2.05, 4.69) is 21.0 Å². The van der Waals surface area contributed by atoms with Crippen molar-refractivity contribution in [1.29, 1.82) is 0 Å². The van der Waals surface area contributed by atoms with E-state index in [0.717, 1.165) is 22.3 Å². The van der Waals surface area contributed by atoms with Gasteiger partial charge in [0.05, 0.1) is 22.0 Å². The zero-order valence-corrected chi connectivity index (χ0v) is 9.80. The van der Waals surface area contributed by atoms with Crippen LogP contribution in [-0.2, 0) is 13.5 Å². The molecule has 1 N–H and O–H groups in total. The summed E-state index contributed by atoms with van der Waals surface area (Å²) < 4.78 is 2.83. The van der Waals surface area contributed by atoms with Gasteiger partial charge in [-0.3, -0.25) is 4.68 Å². The molecule has 1 rings (SSSR count). The maximum Gasteiger partial charge on any atom is 0.0738 e. The molecule has 0 aliphatic heterocycles. The van der Waals surface area contributed by atoms with Crippen LogP contribution in [0.15, 0.2) is 4.47 Å². The molecule has 74 valence electrons. The zero-order valence-electron chi connectivity index (χ0n) is 8.21. The first-order chi connectivity index (χ1) is 6.06. The molecule has 1 atom stereocenters. The molecule has 4 heteroatoms.